The second-order valence-electron chi connectivity index (χ2n) is 5.57. The zero-order valence-corrected chi connectivity index (χ0v) is 15.4. The van der Waals surface area contributed by atoms with Gasteiger partial charge in [0.15, 0.2) is 0 Å². The molecule has 1 unspecified atom stereocenters. The smallest absolute Gasteiger partial charge is 0.122 e. The van der Waals surface area contributed by atoms with Crippen LogP contribution >= 0.6 is 23.7 Å². The molecule has 0 saturated carbocycles. The van der Waals surface area contributed by atoms with Crippen LogP contribution in [-0.4, -0.2) is 11.7 Å². The standard InChI is InChI=1S/C20H21NO2S.ClH/c22-20(17-5-2-1-3-6-17)14-21-13-16-8-10-18(11-9-16)23-15-19-7-4-12-24-19;/h1-12,20-22H,13-15H2;1H. The van der Waals surface area contributed by atoms with Gasteiger partial charge >= 0.3 is 0 Å². The maximum atomic E-state index is 10.1. The lowest BCUT2D eigenvalue weighted by Gasteiger charge is -2.12. The predicted molar refractivity (Wildman–Crippen MR) is 105 cm³/mol. The van der Waals surface area contributed by atoms with Crippen molar-refractivity contribution in [3.63, 3.8) is 0 Å². The minimum Gasteiger partial charge on any atom is -0.488 e. The summed E-state index contributed by atoms with van der Waals surface area (Å²) in [6.07, 6.45) is -0.486. The Bertz CT molecular complexity index is 717. The average Bonchev–Trinajstić information content (AvgIpc) is 3.15. The van der Waals surface area contributed by atoms with E-state index >= 15 is 0 Å². The summed E-state index contributed by atoms with van der Waals surface area (Å²) in [5.41, 5.74) is 2.10. The van der Waals surface area contributed by atoms with Gasteiger partial charge in [-0.2, -0.15) is 0 Å². The van der Waals surface area contributed by atoms with Crippen LogP contribution < -0.4 is 10.1 Å². The van der Waals surface area contributed by atoms with Crippen molar-refractivity contribution in [1.82, 2.24) is 5.32 Å². The maximum absolute atomic E-state index is 10.1. The van der Waals surface area contributed by atoms with E-state index in [0.29, 0.717) is 13.2 Å². The molecule has 1 heterocycles. The lowest BCUT2D eigenvalue weighted by atomic mass is 10.1. The fourth-order valence-corrected chi connectivity index (χ4v) is 3.01. The van der Waals surface area contributed by atoms with Crippen molar-refractivity contribution in [3.05, 3.63) is 88.1 Å². The minimum absolute atomic E-state index is 0. The second kappa shape index (κ2) is 10.2. The van der Waals surface area contributed by atoms with E-state index in [-0.39, 0.29) is 12.4 Å². The van der Waals surface area contributed by atoms with Crippen LogP contribution in [0.5, 0.6) is 5.75 Å². The molecular formula is C20H22ClNO2S. The van der Waals surface area contributed by atoms with E-state index in [0.717, 1.165) is 17.9 Å². The van der Waals surface area contributed by atoms with Gasteiger partial charge in [0.1, 0.15) is 12.4 Å². The molecule has 1 atom stereocenters. The SMILES string of the molecule is Cl.OC(CNCc1ccc(OCc2cccs2)cc1)c1ccccc1. The predicted octanol–water partition coefficient (Wildman–Crippen LogP) is 4.57. The first kappa shape index (κ1) is 19.5. The number of rotatable bonds is 8. The molecular weight excluding hydrogens is 354 g/mol. The largest absolute Gasteiger partial charge is 0.488 e. The molecule has 0 amide bonds. The van der Waals surface area contributed by atoms with Crippen molar-refractivity contribution in [2.75, 3.05) is 6.54 Å². The van der Waals surface area contributed by atoms with Crippen LogP contribution in [0.25, 0.3) is 0 Å². The molecule has 3 aromatic rings. The highest BCUT2D eigenvalue weighted by atomic mass is 35.5. The Hall–Kier alpha value is -1.85. The molecule has 0 bridgehead atoms. The summed E-state index contributed by atoms with van der Waals surface area (Å²) in [4.78, 5) is 1.22. The van der Waals surface area contributed by atoms with Gasteiger partial charge in [-0.25, -0.2) is 0 Å². The van der Waals surface area contributed by atoms with Gasteiger partial charge in [-0.15, -0.1) is 23.7 Å². The number of hydrogen-bond acceptors (Lipinski definition) is 4. The maximum Gasteiger partial charge on any atom is 0.122 e. The molecule has 0 fully saturated rings. The van der Waals surface area contributed by atoms with Crippen LogP contribution in [0.2, 0.25) is 0 Å². The molecule has 2 N–H and O–H groups in total. The Balaban J connectivity index is 0.00000225. The normalized spacial score (nSPS) is 11.6. The lowest BCUT2D eigenvalue weighted by Crippen LogP contribution is -2.20. The van der Waals surface area contributed by atoms with Gasteiger partial charge in [0, 0.05) is 18.0 Å². The van der Waals surface area contributed by atoms with E-state index in [2.05, 4.69) is 16.8 Å². The monoisotopic (exact) mass is 375 g/mol. The van der Waals surface area contributed by atoms with E-state index in [4.69, 9.17) is 4.74 Å². The number of nitrogens with one attached hydrogen (secondary N) is 1. The van der Waals surface area contributed by atoms with E-state index in [9.17, 15) is 5.11 Å². The molecule has 1 aromatic heterocycles. The van der Waals surface area contributed by atoms with Crippen LogP contribution in [-0.2, 0) is 13.2 Å². The fourth-order valence-electron chi connectivity index (χ4n) is 2.40. The van der Waals surface area contributed by atoms with Gasteiger partial charge in [0.05, 0.1) is 6.10 Å². The van der Waals surface area contributed by atoms with E-state index in [1.54, 1.807) is 11.3 Å². The number of aliphatic hydroxyl groups excluding tert-OH is 1. The van der Waals surface area contributed by atoms with Crippen molar-refractivity contribution < 1.29 is 9.84 Å². The van der Waals surface area contributed by atoms with Crippen LogP contribution in [0.4, 0.5) is 0 Å². The summed E-state index contributed by atoms with van der Waals surface area (Å²) in [7, 11) is 0. The third kappa shape index (κ3) is 6.18. The highest BCUT2D eigenvalue weighted by molar-refractivity contribution is 7.09. The Morgan fingerprint density at radius 3 is 2.40 bits per heavy atom. The molecule has 5 heteroatoms. The van der Waals surface area contributed by atoms with Crippen molar-refractivity contribution in [1.29, 1.82) is 0 Å². The van der Waals surface area contributed by atoms with Gasteiger partial charge in [-0.3, -0.25) is 0 Å². The third-order valence-electron chi connectivity index (χ3n) is 3.74. The summed E-state index contributed by atoms with van der Waals surface area (Å²) in [6, 6.07) is 21.9. The number of hydrogen-bond donors (Lipinski definition) is 2. The van der Waals surface area contributed by atoms with Gasteiger partial charge in [0.25, 0.3) is 0 Å². The Kier molecular flexibility index (Phi) is 7.95. The number of ether oxygens (including phenoxy) is 1. The van der Waals surface area contributed by atoms with Crippen LogP contribution in [0.3, 0.4) is 0 Å². The first-order chi connectivity index (χ1) is 11.8. The van der Waals surface area contributed by atoms with Crippen molar-refractivity contribution in [2.45, 2.75) is 19.3 Å². The number of benzene rings is 2. The van der Waals surface area contributed by atoms with Crippen LogP contribution in [0.15, 0.2) is 72.1 Å². The first-order valence-electron chi connectivity index (χ1n) is 7.99. The molecule has 0 radical (unpaired) electrons. The highest BCUT2D eigenvalue weighted by Crippen LogP contribution is 2.16. The highest BCUT2D eigenvalue weighted by Gasteiger charge is 2.06. The number of aliphatic hydroxyl groups is 1. The summed E-state index contributed by atoms with van der Waals surface area (Å²) >= 11 is 1.70. The van der Waals surface area contributed by atoms with E-state index < -0.39 is 6.10 Å². The molecule has 3 nitrogen and oxygen atoms in total. The summed E-state index contributed by atoms with van der Waals surface area (Å²) < 4.78 is 5.76. The van der Waals surface area contributed by atoms with Crippen LogP contribution in [0, 0.1) is 0 Å². The second-order valence-corrected chi connectivity index (χ2v) is 6.60. The molecule has 2 aromatic carbocycles. The van der Waals surface area contributed by atoms with Gasteiger partial charge in [0.2, 0.25) is 0 Å². The van der Waals surface area contributed by atoms with Crippen molar-refractivity contribution >= 4 is 23.7 Å². The van der Waals surface area contributed by atoms with Gasteiger partial charge < -0.3 is 15.2 Å². The first-order valence-corrected chi connectivity index (χ1v) is 8.87. The third-order valence-corrected chi connectivity index (χ3v) is 4.59. The summed E-state index contributed by atoms with van der Waals surface area (Å²) in [5, 5.41) is 15.5. The molecule has 0 spiro atoms. The Morgan fingerprint density at radius 2 is 1.72 bits per heavy atom. The Morgan fingerprint density at radius 1 is 0.960 bits per heavy atom. The Labute approximate surface area is 158 Å². The van der Waals surface area contributed by atoms with Crippen molar-refractivity contribution in [3.8, 4) is 5.75 Å². The van der Waals surface area contributed by atoms with Gasteiger partial charge in [-0.1, -0.05) is 48.5 Å². The zero-order chi connectivity index (χ0) is 16.6. The zero-order valence-electron chi connectivity index (χ0n) is 13.8. The van der Waals surface area contributed by atoms with Crippen molar-refractivity contribution in [2.24, 2.45) is 0 Å². The molecule has 0 aliphatic carbocycles. The van der Waals surface area contributed by atoms with Gasteiger partial charge in [-0.05, 0) is 34.7 Å². The topological polar surface area (TPSA) is 41.5 Å². The minimum atomic E-state index is -0.486. The average molecular weight is 376 g/mol. The summed E-state index contributed by atoms with van der Waals surface area (Å²) in [5.74, 6) is 0.872. The molecule has 0 saturated heterocycles. The lowest BCUT2D eigenvalue weighted by molar-refractivity contribution is 0.174. The van der Waals surface area contributed by atoms with E-state index in [1.165, 1.54) is 10.4 Å². The fraction of sp³-hybridized carbons (Fsp3) is 0.200. The molecule has 0 aliphatic rings. The number of thiophene rings is 1. The summed E-state index contributed by atoms with van der Waals surface area (Å²) in [6.45, 7) is 1.86. The number of halogens is 1. The molecule has 132 valence electrons. The molecule has 25 heavy (non-hydrogen) atoms. The molecule has 0 aliphatic heterocycles. The molecule has 3 rings (SSSR count). The van der Waals surface area contributed by atoms with Crippen LogP contribution in [0.1, 0.15) is 22.1 Å². The van der Waals surface area contributed by atoms with E-state index in [1.807, 2.05) is 60.7 Å². The quantitative estimate of drug-likeness (QED) is 0.605.